The summed E-state index contributed by atoms with van der Waals surface area (Å²) in [5.74, 6) is 1.60. The molecule has 0 bridgehead atoms. The van der Waals surface area contributed by atoms with Gasteiger partial charge in [-0.3, -0.25) is 0 Å². The zero-order valence-corrected chi connectivity index (χ0v) is 18.0. The molecule has 32 heavy (non-hydrogen) atoms. The highest BCUT2D eigenvalue weighted by molar-refractivity contribution is 5.91. The molecule has 0 fully saturated rings. The maximum atomic E-state index is 13.0. The van der Waals surface area contributed by atoms with Crippen LogP contribution in [-0.4, -0.2) is 39.4 Å². The maximum Gasteiger partial charge on any atom is 0.433 e. The topological polar surface area (TPSA) is 115 Å². The summed E-state index contributed by atoms with van der Waals surface area (Å²) in [5, 5.41) is 13.5. The van der Waals surface area contributed by atoms with E-state index in [1.165, 1.54) is 13.2 Å². The number of ether oxygens (including phenoxy) is 2. The van der Waals surface area contributed by atoms with Gasteiger partial charge in [-0.1, -0.05) is 0 Å². The van der Waals surface area contributed by atoms with Gasteiger partial charge in [0.2, 0.25) is 0 Å². The van der Waals surface area contributed by atoms with Crippen LogP contribution in [0.1, 0.15) is 31.1 Å². The highest BCUT2D eigenvalue weighted by Crippen LogP contribution is 2.35. The molecule has 0 unspecified atom stereocenters. The standard InChI is InChI=1S/C21H24F3N5O3/c1-11-27-15-8-16(31-4)17(32-10-20(2,3)30)7-14(15)19(28-11)26-9-13-5-12(25)6-18(29-13)21(22,23)24/h5-8,30H,9-10H2,1-4H3,(H2,25,29)(H,26,27,28). The number of aromatic nitrogens is 3. The predicted molar refractivity (Wildman–Crippen MR) is 114 cm³/mol. The fourth-order valence-corrected chi connectivity index (χ4v) is 2.94. The number of pyridine rings is 1. The van der Waals surface area contributed by atoms with Crippen molar-refractivity contribution in [2.75, 3.05) is 24.8 Å². The molecule has 2 aromatic heterocycles. The number of nitrogen functional groups attached to an aromatic ring is 1. The molecule has 0 aliphatic carbocycles. The van der Waals surface area contributed by atoms with Crippen LogP contribution in [0.3, 0.4) is 0 Å². The van der Waals surface area contributed by atoms with Gasteiger partial charge in [-0.15, -0.1) is 0 Å². The molecule has 8 nitrogen and oxygen atoms in total. The monoisotopic (exact) mass is 451 g/mol. The lowest BCUT2D eigenvalue weighted by molar-refractivity contribution is -0.141. The van der Waals surface area contributed by atoms with Crippen molar-refractivity contribution in [3.05, 3.63) is 41.5 Å². The lowest BCUT2D eigenvalue weighted by Crippen LogP contribution is -2.28. The number of rotatable bonds is 7. The van der Waals surface area contributed by atoms with E-state index in [0.29, 0.717) is 34.0 Å². The first-order valence-corrected chi connectivity index (χ1v) is 9.65. The maximum absolute atomic E-state index is 13.0. The zero-order valence-electron chi connectivity index (χ0n) is 18.0. The van der Waals surface area contributed by atoms with Crippen LogP contribution in [0.4, 0.5) is 24.7 Å². The van der Waals surface area contributed by atoms with Gasteiger partial charge in [0.1, 0.15) is 23.9 Å². The van der Waals surface area contributed by atoms with Crippen molar-refractivity contribution >= 4 is 22.4 Å². The first kappa shape index (κ1) is 23.3. The Morgan fingerprint density at radius 3 is 2.41 bits per heavy atom. The number of anilines is 2. The highest BCUT2D eigenvalue weighted by Gasteiger charge is 2.33. The fraction of sp³-hybridized carbons (Fsp3) is 0.381. The number of halogens is 3. The van der Waals surface area contributed by atoms with Gasteiger partial charge in [-0.25, -0.2) is 15.0 Å². The summed E-state index contributed by atoms with van der Waals surface area (Å²) in [7, 11) is 1.48. The summed E-state index contributed by atoms with van der Waals surface area (Å²) < 4.78 is 50.2. The van der Waals surface area contributed by atoms with E-state index in [1.54, 1.807) is 32.9 Å². The highest BCUT2D eigenvalue weighted by atomic mass is 19.4. The minimum absolute atomic E-state index is 0.0117. The van der Waals surface area contributed by atoms with Gasteiger partial charge in [0.25, 0.3) is 0 Å². The number of aliphatic hydroxyl groups is 1. The number of methoxy groups -OCH3 is 1. The number of nitrogens with one attached hydrogen (secondary N) is 1. The number of nitrogens with two attached hydrogens (primary N) is 1. The average molecular weight is 451 g/mol. The van der Waals surface area contributed by atoms with Crippen molar-refractivity contribution in [2.45, 2.75) is 39.1 Å². The molecule has 3 rings (SSSR count). The Labute approximate surface area is 182 Å². The molecule has 4 N–H and O–H groups in total. The number of hydrogen-bond donors (Lipinski definition) is 3. The molecule has 0 amide bonds. The summed E-state index contributed by atoms with van der Waals surface area (Å²) >= 11 is 0. The van der Waals surface area contributed by atoms with Gasteiger partial charge >= 0.3 is 6.18 Å². The lowest BCUT2D eigenvalue weighted by Gasteiger charge is -2.20. The van der Waals surface area contributed by atoms with E-state index in [4.69, 9.17) is 15.2 Å². The Kier molecular flexibility index (Phi) is 6.31. The Bertz CT molecular complexity index is 1130. The molecule has 3 aromatic rings. The van der Waals surface area contributed by atoms with Crippen LogP contribution in [0.25, 0.3) is 10.9 Å². The van der Waals surface area contributed by atoms with Crippen molar-refractivity contribution in [1.82, 2.24) is 15.0 Å². The average Bonchev–Trinajstić information content (AvgIpc) is 2.68. The normalized spacial score (nSPS) is 12.1. The van der Waals surface area contributed by atoms with Crippen molar-refractivity contribution < 1.29 is 27.8 Å². The Hall–Kier alpha value is -3.34. The van der Waals surface area contributed by atoms with E-state index in [2.05, 4.69) is 20.3 Å². The molecule has 1 aromatic carbocycles. The molecule has 0 aliphatic rings. The molecule has 11 heteroatoms. The smallest absolute Gasteiger partial charge is 0.433 e. The van der Waals surface area contributed by atoms with Crippen molar-refractivity contribution in [2.24, 2.45) is 0 Å². The van der Waals surface area contributed by atoms with Crippen LogP contribution in [0.2, 0.25) is 0 Å². The van der Waals surface area contributed by atoms with E-state index in [-0.39, 0.29) is 24.5 Å². The van der Waals surface area contributed by atoms with Gasteiger partial charge in [0.05, 0.1) is 30.5 Å². The summed E-state index contributed by atoms with van der Waals surface area (Å²) in [4.78, 5) is 12.4. The van der Waals surface area contributed by atoms with Crippen LogP contribution in [0.5, 0.6) is 11.5 Å². The molecular weight excluding hydrogens is 427 g/mol. The summed E-state index contributed by atoms with van der Waals surface area (Å²) in [6, 6.07) is 5.46. The molecular formula is C21H24F3N5O3. The van der Waals surface area contributed by atoms with E-state index < -0.39 is 17.5 Å². The number of hydrogen-bond acceptors (Lipinski definition) is 8. The van der Waals surface area contributed by atoms with Gasteiger partial charge in [-0.2, -0.15) is 13.2 Å². The van der Waals surface area contributed by atoms with E-state index in [1.807, 2.05) is 0 Å². The van der Waals surface area contributed by atoms with Crippen LogP contribution >= 0.6 is 0 Å². The second-order valence-electron chi connectivity index (χ2n) is 7.87. The SMILES string of the molecule is COc1cc2nc(C)nc(NCc3cc(N)cc(C(F)(F)F)n3)c2cc1OCC(C)(C)O. The largest absolute Gasteiger partial charge is 0.493 e. The van der Waals surface area contributed by atoms with E-state index in [9.17, 15) is 18.3 Å². The molecule has 0 spiro atoms. The minimum Gasteiger partial charge on any atom is -0.493 e. The molecule has 2 heterocycles. The number of fused-ring (bicyclic) bond motifs is 1. The molecule has 0 saturated heterocycles. The summed E-state index contributed by atoms with van der Waals surface area (Å²) in [6.07, 6.45) is -4.61. The van der Waals surface area contributed by atoms with Gasteiger partial charge in [0.15, 0.2) is 11.5 Å². The van der Waals surface area contributed by atoms with Gasteiger partial charge < -0.3 is 25.6 Å². The molecule has 0 atom stereocenters. The molecule has 172 valence electrons. The van der Waals surface area contributed by atoms with Crippen LogP contribution in [0.15, 0.2) is 24.3 Å². The van der Waals surface area contributed by atoms with Crippen molar-refractivity contribution in [3.8, 4) is 11.5 Å². The Balaban J connectivity index is 1.97. The van der Waals surface area contributed by atoms with Gasteiger partial charge in [0, 0.05) is 17.1 Å². The first-order chi connectivity index (χ1) is 14.9. The fourth-order valence-electron chi connectivity index (χ4n) is 2.94. The number of aryl methyl sites for hydroxylation is 1. The van der Waals surface area contributed by atoms with Crippen molar-refractivity contribution in [3.63, 3.8) is 0 Å². The Morgan fingerprint density at radius 2 is 1.78 bits per heavy atom. The summed E-state index contributed by atoms with van der Waals surface area (Å²) in [5.41, 5.74) is 4.09. The minimum atomic E-state index is -4.61. The second-order valence-corrected chi connectivity index (χ2v) is 7.87. The first-order valence-electron chi connectivity index (χ1n) is 9.65. The third-order valence-electron chi connectivity index (χ3n) is 4.30. The Morgan fingerprint density at radius 1 is 1.06 bits per heavy atom. The van der Waals surface area contributed by atoms with E-state index >= 15 is 0 Å². The molecule has 0 aliphatic heterocycles. The second kappa shape index (κ2) is 8.65. The molecule has 0 radical (unpaired) electrons. The van der Waals surface area contributed by atoms with Crippen LogP contribution in [0, 0.1) is 6.92 Å². The van der Waals surface area contributed by atoms with Crippen molar-refractivity contribution in [1.29, 1.82) is 0 Å². The third-order valence-corrected chi connectivity index (χ3v) is 4.30. The number of nitrogens with zero attached hydrogens (tertiary/aromatic N) is 3. The number of benzene rings is 1. The third kappa shape index (κ3) is 5.67. The predicted octanol–water partition coefficient (Wildman–Crippen LogP) is 3.70. The quantitative estimate of drug-likeness (QED) is 0.498. The van der Waals surface area contributed by atoms with Crippen LogP contribution < -0.4 is 20.5 Å². The molecule has 0 saturated carbocycles. The van der Waals surface area contributed by atoms with Gasteiger partial charge in [-0.05, 0) is 39.0 Å². The van der Waals surface area contributed by atoms with E-state index in [0.717, 1.165) is 6.07 Å². The van der Waals surface area contributed by atoms with Crippen LogP contribution in [-0.2, 0) is 12.7 Å². The lowest BCUT2D eigenvalue weighted by atomic mass is 10.1. The summed E-state index contributed by atoms with van der Waals surface area (Å²) in [6.45, 7) is 4.86. The number of alkyl halides is 3. The zero-order chi connectivity index (χ0) is 23.7.